The summed E-state index contributed by atoms with van der Waals surface area (Å²) >= 11 is 7.08. The van der Waals surface area contributed by atoms with E-state index < -0.39 is 0 Å². The Morgan fingerprint density at radius 3 is 2.69 bits per heavy atom. The maximum Gasteiger partial charge on any atom is 0.266 e. The monoisotopic (exact) mass is 525 g/mol. The van der Waals surface area contributed by atoms with Gasteiger partial charge >= 0.3 is 0 Å². The number of aryl methyl sites for hydroxylation is 1. The first-order valence-electron chi connectivity index (χ1n) is 13.1. The van der Waals surface area contributed by atoms with Crippen LogP contribution in [0.2, 0.25) is 0 Å². The van der Waals surface area contributed by atoms with Gasteiger partial charge in [-0.05, 0) is 86.4 Å². The lowest BCUT2D eigenvalue weighted by molar-refractivity contribution is -0.124. The van der Waals surface area contributed by atoms with Crippen LogP contribution in [0.3, 0.4) is 0 Å². The van der Waals surface area contributed by atoms with Crippen LogP contribution in [-0.2, 0) is 11.2 Å². The molecule has 5 nitrogen and oxygen atoms in total. The van der Waals surface area contributed by atoms with E-state index in [1.54, 1.807) is 12.1 Å². The minimum Gasteiger partial charge on any atom is -0.456 e. The maximum absolute atomic E-state index is 13.5. The molecule has 0 spiro atoms. The summed E-state index contributed by atoms with van der Waals surface area (Å²) in [5, 5.41) is 3.40. The molecule has 1 N–H and O–H groups in total. The molecule has 2 aromatic rings. The smallest absolute Gasteiger partial charge is 0.266 e. The fourth-order valence-electron chi connectivity index (χ4n) is 6.36. The SMILES string of the molecule is O=C1C(=Cc2oc(-c3ccc(F)cc3)cc2CCCN2CCNCC2)SC(=S)N1C1CC2CCC1C2. The predicted molar refractivity (Wildman–Crippen MR) is 146 cm³/mol. The van der Waals surface area contributed by atoms with Crippen LogP contribution in [0.4, 0.5) is 4.39 Å². The van der Waals surface area contributed by atoms with Crippen LogP contribution in [0.5, 0.6) is 0 Å². The van der Waals surface area contributed by atoms with Gasteiger partial charge in [-0.2, -0.15) is 0 Å². The molecule has 1 aromatic carbocycles. The van der Waals surface area contributed by atoms with Crippen LogP contribution >= 0.6 is 24.0 Å². The summed E-state index contributed by atoms with van der Waals surface area (Å²) in [5.74, 6) is 2.50. The lowest BCUT2D eigenvalue weighted by Gasteiger charge is -2.30. The molecule has 190 valence electrons. The number of thioether (sulfide) groups is 1. The van der Waals surface area contributed by atoms with Gasteiger partial charge in [0.1, 0.15) is 21.7 Å². The summed E-state index contributed by atoms with van der Waals surface area (Å²) in [6.07, 6.45) is 8.57. The van der Waals surface area contributed by atoms with E-state index in [0.29, 0.717) is 26.7 Å². The number of carbonyl (C=O) groups excluding carboxylic acids is 1. The third-order valence-corrected chi connectivity index (χ3v) is 9.55. The molecular formula is C28H32FN3O2S2. The highest BCUT2D eigenvalue weighted by atomic mass is 32.2. The van der Waals surface area contributed by atoms with Crippen molar-refractivity contribution in [1.82, 2.24) is 15.1 Å². The van der Waals surface area contributed by atoms with Gasteiger partial charge in [0.15, 0.2) is 0 Å². The number of hydrogen-bond donors (Lipinski definition) is 1. The van der Waals surface area contributed by atoms with Crippen LogP contribution in [0.1, 0.15) is 43.4 Å². The molecule has 8 heteroatoms. The minimum atomic E-state index is -0.272. The lowest BCUT2D eigenvalue weighted by atomic mass is 9.94. The highest BCUT2D eigenvalue weighted by molar-refractivity contribution is 8.26. The largest absolute Gasteiger partial charge is 0.456 e. The molecule has 3 unspecified atom stereocenters. The number of thiocarbonyl (C=S) groups is 1. The number of nitrogens with zero attached hydrogens (tertiary/aromatic N) is 2. The van der Waals surface area contributed by atoms with Crippen molar-refractivity contribution in [3.63, 3.8) is 0 Å². The second-order valence-corrected chi connectivity index (χ2v) is 12.2. The van der Waals surface area contributed by atoms with Gasteiger partial charge in [-0.3, -0.25) is 9.69 Å². The Kier molecular flexibility index (Phi) is 7.03. The van der Waals surface area contributed by atoms with Crippen molar-refractivity contribution in [2.75, 3.05) is 32.7 Å². The van der Waals surface area contributed by atoms with E-state index in [4.69, 9.17) is 16.6 Å². The highest BCUT2D eigenvalue weighted by Gasteiger charge is 2.48. The molecule has 1 amide bonds. The minimum absolute atomic E-state index is 0.0223. The molecule has 2 aliphatic carbocycles. The molecule has 2 saturated carbocycles. The van der Waals surface area contributed by atoms with Crippen molar-refractivity contribution in [3.05, 3.63) is 52.4 Å². The number of rotatable bonds is 7. The first kappa shape index (κ1) is 24.3. The van der Waals surface area contributed by atoms with Crippen LogP contribution < -0.4 is 5.32 Å². The molecule has 4 fully saturated rings. The third kappa shape index (κ3) is 4.93. The number of piperazine rings is 1. The van der Waals surface area contributed by atoms with Crippen molar-refractivity contribution >= 4 is 40.3 Å². The second-order valence-electron chi connectivity index (χ2n) is 10.5. The van der Waals surface area contributed by atoms with Gasteiger partial charge in [-0.25, -0.2) is 4.39 Å². The Bertz CT molecular complexity index is 1170. The zero-order valence-corrected chi connectivity index (χ0v) is 22.0. The van der Waals surface area contributed by atoms with E-state index in [1.165, 1.54) is 43.2 Å². The number of furan rings is 1. The van der Waals surface area contributed by atoms with Gasteiger partial charge in [0.05, 0.1) is 4.91 Å². The fraction of sp³-hybridized carbons (Fsp3) is 0.500. The van der Waals surface area contributed by atoms with Gasteiger partial charge in [-0.15, -0.1) is 0 Å². The molecule has 2 saturated heterocycles. The quantitative estimate of drug-likeness (QED) is 0.390. The van der Waals surface area contributed by atoms with Crippen molar-refractivity contribution in [2.45, 2.75) is 44.6 Å². The summed E-state index contributed by atoms with van der Waals surface area (Å²) < 4.78 is 20.5. The van der Waals surface area contributed by atoms with E-state index in [0.717, 1.165) is 69.0 Å². The number of hydrogen-bond acceptors (Lipinski definition) is 6. The number of fused-ring (bicyclic) bond motifs is 2. The standard InChI is InChI=1S/C28H32FN3O2S2/c29-22-7-5-19(6-8-22)24-16-21(2-1-11-31-12-9-30-10-13-31)25(34-24)17-26-27(33)32(28(35)36-26)23-15-18-3-4-20(23)14-18/h5-8,16-18,20,23,30H,1-4,9-15H2. The Hall–Kier alpha value is -2.00. The first-order chi connectivity index (χ1) is 17.5. The van der Waals surface area contributed by atoms with Crippen molar-refractivity contribution < 1.29 is 13.6 Å². The van der Waals surface area contributed by atoms with Gasteiger partial charge in [0, 0.05) is 43.9 Å². The Morgan fingerprint density at radius 1 is 1.17 bits per heavy atom. The van der Waals surface area contributed by atoms with Crippen LogP contribution in [0.15, 0.2) is 39.7 Å². The van der Waals surface area contributed by atoms with E-state index in [9.17, 15) is 9.18 Å². The first-order valence-corrected chi connectivity index (χ1v) is 14.4. The zero-order valence-electron chi connectivity index (χ0n) is 20.4. The predicted octanol–water partition coefficient (Wildman–Crippen LogP) is 5.31. The summed E-state index contributed by atoms with van der Waals surface area (Å²) in [6, 6.07) is 8.66. The van der Waals surface area contributed by atoms with E-state index >= 15 is 0 Å². The van der Waals surface area contributed by atoms with Crippen LogP contribution in [-0.4, -0.2) is 58.8 Å². The molecule has 6 rings (SSSR count). The van der Waals surface area contributed by atoms with Crippen molar-refractivity contribution in [3.8, 4) is 11.3 Å². The van der Waals surface area contributed by atoms with Gasteiger partial charge < -0.3 is 14.6 Å². The number of halogens is 1. The van der Waals surface area contributed by atoms with Crippen LogP contribution in [0.25, 0.3) is 17.4 Å². The molecule has 2 aliphatic heterocycles. The number of amides is 1. The number of benzene rings is 1. The van der Waals surface area contributed by atoms with Gasteiger partial charge in [-0.1, -0.05) is 30.4 Å². The van der Waals surface area contributed by atoms with Gasteiger partial charge in [0.2, 0.25) is 0 Å². The Labute approximate surface area is 221 Å². The maximum atomic E-state index is 13.5. The Balaban J connectivity index is 1.24. The number of nitrogens with one attached hydrogen (secondary N) is 1. The molecular weight excluding hydrogens is 493 g/mol. The van der Waals surface area contributed by atoms with E-state index in [-0.39, 0.29) is 17.8 Å². The molecule has 36 heavy (non-hydrogen) atoms. The second kappa shape index (κ2) is 10.4. The third-order valence-electron chi connectivity index (χ3n) is 8.22. The van der Waals surface area contributed by atoms with E-state index in [2.05, 4.69) is 10.2 Å². The van der Waals surface area contributed by atoms with Crippen molar-refractivity contribution in [2.24, 2.45) is 11.8 Å². The molecule has 4 aliphatic rings. The summed E-state index contributed by atoms with van der Waals surface area (Å²) in [5.41, 5.74) is 1.91. The average molecular weight is 526 g/mol. The summed E-state index contributed by atoms with van der Waals surface area (Å²) in [4.78, 5) is 18.5. The van der Waals surface area contributed by atoms with E-state index in [1.807, 2.05) is 17.0 Å². The lowest BCUT2D eigenvalue weighted by Crippen LogP contribution is -2.43. The normalized spacial score (nSPS) is 27.6. The molecule has 3 atom stereocenters. The molecule has 3 heterocycles. The fourth-order valence-corrected chi connectivity index (χ4v) is 7.70. The summed E-state index contributed by atoms with van der Waals surface area (Å²) in [7, 11) is 0. The highest BCUT2D eigenvalue weighted by Crippen LogP contribution is 2.49. The zero-order chi connectivity index (χ0) is 24.6. The summed E-state index contributed by atoms with van der Waals surface area (Å²) in [6.45, 7) is 5.26. The molecule has 0 radical (unpaired) electrons. The molecule has 1 aromatic heterocycles. The topological polar surface area (TPSA) is 48.7 Å². The Morgan fingerprint density at radius 2 is 1.97 bits per heavy atom. The molecule has 2 bridgehead atoms. The van der Waals surface area contributed by atoms with Crippen LogP contribution in [0, 0.1) is 17.7 Å². The van der Waals surface area contributed by atoms with Crippen molar-refractivity contribution in [1.29, 1.82) is 0 Å². The number of carbonyl (C=O) groups is 1. The van der Waals surface area contributed by atoms with Gasteiger partial charge in [0.25, 0.3) is 5.91 Å². The average Bonchev–Trinajstić information content (AvgIpc) is 3.66.